The number of nitrogens with zero attached hydrogens (tertiary/aromatic N) is 2. The lowest BCUT2D eigenvalue weighted by Gasteiger charge is -2.25. The largest absolute Gasteiger partial charge is 0.314 e. The summed E-state index contributed by atoms with van der Waals surface area (Å²) in [4.78, 5) is 18.1. The number of carbonyl (C=O) groups excluding carboxylic acids is 1. The van der Waals surface area contributed by atoms with Crippen LogP contribution in [0.5, 0.6) is 0 Å². The second kappa shape index (κ2) is 6.63. The van der Waals surface area contributed by atoms with Crippen LogP contribution in [0.1, 0.15) is 13.8 Å². The number of hydrogen-bond acceptors (Lipinski definition) is 4. The van der Waals surface area contributed by atoms with E-state index in [9.17, 15) is 13.2 Å². The molecule has 0 N–H and O–H groups in total. The zero-order valence-corrected chi connectivity index (χ0v) is 17.0. The Bertz CT molecular complexity index is 826. The predicted molar refractivity (Wildman–Crippen MR) is 103 cm³/mol. The van der Waals surface area contributed by atoms with Crippen LogP contribution in [0.25, 0.3) is 0 Å². The van der Waals surface area contributed by atoms with Crippen molar-refractivity contribution in [2.24, 2.45) is 10.9 Å². The third-order valence-corrected chi connectivity index (χ3v) is 7.94. The molecule has 130 valence electrons. The standard InChI is InChI=1S/C15H16BrClN2O3S2/c1-8(2)14(20)18-15-19(11-4-3-9(16)5-10(11)17)12-6-24(21,22)7-13(12)23-15/h3-5,8,12-13H,6-7H2,1-2H3. The molecule has 0 aliphatic carbocycles. The molecule has 9 heteroatoms. The fourth-order valence-corrected chi connectivity index (χ4v) is 7.42. The molecule has 2 aliphatic rings. The van der Waals surface area contributed by atoms with Gasteiger partial charge in [0.25, 0.3) is 5.91 Å². The molecule has 0 spiro atoms. The van der Waals surface area contributed by atoms with Crippen LogP contribution in [-0.2, 0) is 14.6 Å². The number of rotatable bonds is 2. The minimum atomic E-state index is -3.09. The van der Waals surface area contributed by atoms with Gasteiger partial charge >= 0.3 is 0 Å². The summed E-state index contributed by atoms with van der Waals surface area (Å²) in [5.74, 6) is -0.295. The molecule has 2 heterocycles. The molecule has 1 amide bonds. The van der Waals surface area contributed by atoms with Gasteiger partial charge in [-0.15, -0.1) is 0 Å². The minimum absolute atomic E-state index is 0.0476. The Hall–Kier alpha value is -0.570. The molecule has 5 nitrogen and oxygen atoms in total. The molecule has 1 aromatic carbocycles. The van der Waals surface area contributed by atoms with Gasteiger partial charge in [-0.3, -0.25) is 4.79 Å². The molecule has 2 atom stereocenters. The van der Waals surface area contributed by atoms with Crippen molar-refractivity contribution in [3.8, 4) is 0 Å². The highest BCUT2D eigenvalue weighted by Crippen LogP contribution is 2.43. The van der Waals surface area contributed by atoms with Gasteiger partial charge in [-0.25, -0.2) is 8.42 Å². The van der Waals surface area contributed by atoms with Crippen LogP contribution < -0.4 is 4.90 Å². The topological polar surface area (TPSA) is 66.8 Å². The molecule has 0 radical (unpaired) electrons. The molecule has 2 fully saturated rings. The predicted octanol–water partition coefficient (Wildman–Crippen LogP) is 3.36. The van der Waals surface area contributed by atoms with E-state index >= 15 is 0 Å². The van der Waals surface area contributed by atoms with Crippen LogP contribution in [0.3, 0.4) is 0 Å². The molecular formula is C15H16BrClN2O3S2. The molecular weight excluding hydrogens is 436 g/mol. The van der Waals surface area contributed by atoms with Crippen LogP contribution in [-0.4, -0.2) is 42.3 Å². The van der Waals surface area contributed by atoms with Crippen LogP contribution in [0.4, 0.5) is 5.69 Å². The van der Waals surface area contributed by atoms with Gasteiger partial charge < -0.3 is 4.90 Å². The van der Waals surface area contributed by atoms with Crippen molar-refractivity contribution in [2.45, 2.75) is 25.1 Å². The van der Waals surface area contributed by atoms with E-state index in [2.05, 4.69) is 20.9 Å². The van der Waals surface area contributed by atoms with Crippen molar-refractivity contribution in [1.29, 1.82) is 0 Å². The Kier molecular flexibility index (Phi) is 5.03. The summed E-state index contributed by atoms with van der Waals surface area (Å²) >= 11 is 11.1. The van der Waals surface area contributed by atoms with E-state index in [1.165, 1.54) is 11.8 Å². The zero-order chi connectivity index (χ0) is 17.6. The van der Waals surface area contributed by atoms with Crippen molar-refractivity contribution < 1.29 is 13.2 Å². The number of benzene rings is 1. The zero-order valence-electron chi connectivity index (χ0n) is 13.1. The van der Waals surface area contributed by atoms with Crippen molar-refractivity contribution in [3.63, 3.8) is 0 Å². The number of amides is 1. The number of sulfone groups is 1. The molecule has 2 aliphatic heterocycles. The molecule has 0 aromatic heterocycles. The molecule has 0 saturated carbocycles. The summed E-state index contributed by atoms with van der Waals surface area (Å²) in [5, 5.41) is 0.885. The van der Waals surface area contributed by atoms with Gasteiger partial charge in [0.1, 0.15) is 0 Å². The number of thioether (sulfide) groups is 1. The summed E-state index contributed by atoms with van der Waals surface area (Å²) in [5.41, 5.74) is 0.673. The number of amidine groups is 1. The van der Waals surface area contributed by atoms with E-state index in [0.29, 0.717) is 15.9 Å². The maximum atomic E-state index is 12.1. The Morgan fingerprint density at radius 2 is 2.12 bits per heavy atom. The third-order valence-electron chi connectivity index (χ3n) is 3.94. The molecule has 2 unspecified atom stereocenters. The lowest BCUT2D eigenvalue weighted by molar-refractivity contribution is -0.120. The van der Waals surface area contributed by atoms with E-state index in [0.717, 1.165) is 4.47 Å². The van der Waals surface area contributed by atoms with Crippen LogP contribution in [0.15, 0.2) is 27.7 Å². The average Bonchev–Trinajstić information content (AvgIpc) is 2.91. The van der Waals surface area contributed by atoms with Gasteiger partial charge in [-0.1, -0.05) is 53.1 Å². The molecule has 24 heavy (non-hydrogen) atoms. The van der Waals surface area contributed by atoms with Gasteiger partial charge in [0.2, 0.25) is 0 Å². The van der Waals surface area contributed by atoms with Crippen molar-refractivity contribution in [1.82, 2.24) is 0 Å². The van der Waals surface area contributed by atoms with Gasteiger partial charge in [0.15, 0.2) is 15.0 Å². The summed E-state index contributed by atoms with van der Waals surface area (Å²) in [6.07, 6.45) is 0. The third kappa shape index (κ3) is 3.52. The lowest BCUT2D eigenvalue weighted by Crippen LogP contribution is -2.38. The SMILES string of the molecule is CC(C)C(=O)N=C1SC2CS(=O)(=O)CC2N1c1ccc(Br)cc1Cl. The van der Waals surface area contributed by atoms with Gasteiger partial charge in [0, 0.05) is 15.6 Å². The molecule has 3 rings (SSSR count). The first-order valence-corrected chi connectivity index (χ1v) is 11.3. The minimum Gasteiger partial charge on any atom is -0.314 e. The van der Waals surface area contributed by atoms with Gasteiger partial charge in [-0.05, 0) is 18.2 Å². The molecule has 1 aromatic rings. The molecule has 0 bridgehead atoms. The first-order chi connectivity index (χ1) is 11.2. The Labute approximate surface area is 158 Å². The smallest absolute Gasteiger partial charge is 0.250 e. The van der Waals surface area contributed by atoms with Gasteiger partial charge in [0.05, 0.1) is 28.3 Å². The van der Waals surface area contributed by atoms with E-state index in [4.69, 9.17) is 11.6 Å². The van der Waals surface area contributed by atoms with Crippen LogP contribution >= 0.6 is 39.3 Å². The fourth-order valence-electron chi connectivity index (χ4n) is 2.75. The van der Waals surface area contributed by atoms with Crippen molar-refractivity contribution in [2.75, 3.05) is 16.4 Å². The maximum Gasteiger partial charge on any atom is 0.250 e. The Morgan fingerprint density at radius 1 is 1.42 bits per heavy atom. The number of aliphatic imine (C=N–C) groups is 1. The number of fused-ring (bicyclic) bond motifs is 1. The Morgan fingerprint density at radius 3 is 2.75 bits per heavy atom. The number of hydrogen-bond donors (Lipinski definition) is 0. The molecule has 2 saturated heterocycles. The Balaban J connectivity index is 2.06. The highest BCUT2D eigenvalue weighted by molar-refractivity contribution is 9.10. The maximum absolute atomic E-state index is 12.1. The van der Waals surface area contributed by atoms with Crippen LogP contribution in [0.2, 0.25) is 5.02 Å². The van der Waals surface area contributed by atoms with E-state index in [1.807, 2.05) is 17.0 Å². The van der Waals surface area contributed by atoms with E-state index in [1.54, 1.807) is 19.9 Å². The monoisotopic (exact) mass is 450 g/mol. The summed E-state index contributed by atoms with van der Waals surface area (Å²) in [6.45, 7) is 3.57. The van der Waals surface area contributed by atoms with E-state index in [-0.39, 0.29) is 34.6 Å². The summed E-state index contributed by atoms with van der Waals surface area (Å²) in [6, 6.07) is 5.15. The lowest BCUT2D eigenvalue weighted by atomic mass is 10.2. The first kappa shape index (κ1) is 18.2. The normalized spacial score (nSPS) is 27.0. The number of anilines is 1. The second-order valence-electron chi connectivity index (χ2n) is 6.15. The highest BCUT2D eigenvalue weighted by Gasteiger charge is 2.49. The van der Waals surface area contributed by atoms with Crippen molar-refractivity contribution >= 4 is 65.9 Å². The first-order valence-electron chi connectivity index (χ1n) is 7.42. The summed E-state index contributed by atoms with van der Waals surface area (Å²) in [7, 11) is -3.09. The fraction of sp³-hybridized carbons (Fsp3) is 0.467. The van der Waals surface area contributed by atoms with E-state index < -0.39 is 9.84 Å². The van der Waals surface area contributed by atoms with Gasteiger partial charge in [-0.2, -0.15) is 4.99 Å². The average molecular weight is 452 g/mol. The van der Waals surface area contributed by atoms with Crippen molar-refractivity contribution in [3.05, 3.63) is 27.7 Å². The number of carbonyl (C=O) groups is 1. The number of halogens is 2. The quantitative estimate of drug-likeness (QED) is 0.690. The highest BCUT2D eigenvalue weighted by atomic mass is 79.9. The second-order valence-corrected chi connectivity index (χ2v) is 10.8. The van der Waals surface area contributed by atoms with Crippen LogP contribution in [0, 0.1) is 5.92 Å². The summed E-state index contributed by atoms with van der Waals surface area (Å²) < 4.78 is 24.8.